The number of halogens is 4. The Morgan fingerprint density at radius 1 is 1.07 bits per heavy atom. The van der Waals surface area contributed by atoms with E-state index < -0.39 is 18.0 Å². The first kappa shape index (κ1) is 29.4. The van der Waals surface area contributed by atoms with Gasteiger partial charge in [0.2, 0.25) is 5.90 Å². The first-order valence-electron chi connectivity index (χ1n) is 12.6. The number of aliphatic hydroxyl groups excluding tert-OH is 1. The lowest BCUT2D eigenvalue weighted by Crippen LogP contribution is -2.52. The highest BCUT2D eigenvalue weighted by molar-refractivity contribution is 9.10. The number of carbonyl (C=O) groups excluding carboxylic acids is 1. The van der Waals surface area contributed by atoms with Gasteiger partial charge in [-0.05, 0) is 60.5 Å². The highest BCUT2D eigenvalue weighted by Gasteiger charge is 2.50. The number of amides is 1. The van der Waals surface area contributed by atoms with Crippen LogP contribution in [0.4, 0.5) is 13.2 Å². The number of aliphatic hydroxyl groups is 1. The van der Waals surface area contributed by atoms with Gasteiger partial charge >= 0.3 is 6.36 Å². The molecule has 1 amide bonds. The van der Waals surface area contributed by atoms with E-state index >= 15 is 0 Å². The van der Waals surface area contributed by atoms with Crippen molar-refractivity contribution in [3.05, 3.63) is 94.0 Å². The predicted octanol–water partition coefficient (Wildman–Crippen LogP) is 5.57. The summed E-state index contributed by atoms with van der Waals surface area (Å²) in [7, 11) is 0. The van der Waals surface area contributed by atoms with E-state index in [2.05, 4.69) is 26.0 Å². The number of alkyl halides is 3. The molecular weight excluding hydrogens is 593 g/mol. The highest BCUT2D eigenvalue weighted by atomic mass is 79.9. The predicted molar refractivity (Wildman–Crippen MR) is 146 cm³/mol. The Hall–Kier alpha value is -3.57. The van der Waals surface area contributed by atoms with Crippen LogP contribution < -0.4 is 14.8 Å². The van der Waals surface area contributed by atoms with Gasteiger partial charge in [-0.15, -0.1) is 13.2 Å². The Bertz CT molecular complexity index is 1330. The van der Waals surface area contributed by atoms with Gasteiger partial charge in [0.15, 0.2) is 5.54 Å². The van der Waals surface area contributed by atoms with Gasteiger partial charge in [0.05, 0.1) is 6.61 Å². The first-order valence-corrected chi connectivity index (χ1v) is 13.4. The average Bonchev–Trinajstić information content (AvgIpc) is 3.26. The van der Waals surface area contributed by atoms with Gasteiger partial charge in [-0.2, -0.15) is 0 Å². The smallest absolute Gasteiger partial charge is 0.494 e. The van der Waals surface area contributed by atoms with Crippen LogP contribution in [0, 0.1) is 0 Å². The second kappa shape index (κ2) is 12.7. The van der Waals surface area contributed by atoms with Crippen molar-refractivity contribution in [1.29, 1.82) is 0 Å². The summed E-state index contributed by atoms with van der Waals surface area (Å²) in [6, 6.07) is 19.9. The molecule has 0 radical (unpaired) electrons. The second-order valence-corrected chi connectivity index (χ2v) is 10.0. The Balaban J connectivity index is 1.56. The molecule has 0 bridgehead atoms. The average molecular weight is 621 g/mol. The maximum Gasteiger partial charge on any atom is 0.573 e. The highest BCUT2D eigenvalue weighted by Crippen LogP contribution is 2.35. The van der Waals surface area contributed by atoms with Crippen LogP contribution in [0.15, 0.2) is 82.3 Å². The molecule has 1 aliphatic rings. The molecule has 2 atom stereocenters. The zero-order chi connectivity index (χ0) is 28.8. The van der Waals surface area contributed by atoms with Crippen molar-refractivity contribution in [1.82, 2.24) is 5.32 Å². The molecule has 0 aliphatic carbocycles. The van der Waals surface area contributed by atoms with Crippen LogP contribution in [0.2, 0.25) is 0 Å². The molecule has 1 heterocycles. The maximum atomic E-state index is 13.8. The van der Waals surface area contributed by atoms with E-state index in [1.807, 2.05) is 24.3 Å². The summed E-state index contributed by atoms with van der Waals surface area (Å²) >= 11 is 3.55. The molecule has 212 valence electrons. The van der Waals surface area contributed by atoms with E-state index in [1.165, 1.54) is 24.3 Å². The van der Waals surface area contributed by atoms with Crippen LogP contribution >= 0.6 is 15.9 Å². The number of hydrogen-bond donors (Lipinski definition) is 2. The van der Waals surface area contributed by atoms with Gasteiger partial charge in [-0.3, -0.25) is 4.79 Å². The molecular formula is C29H28BrF3N2O5. The summed E-state index contributed by atoms with van der Waals surface area (Å²) in [5.41, 5.74) is 0.809. The van der Waals surface area contributed by atoms with Crippen LogP contribution in [0.5, 0.6) is 11.5 Å². The number of ether oxygens (including phenoxy) is 3. The lowest BCUT2D eigenvalue weighted by molar-refractivity contribution is -0.274. The molecule has 7 nitrogen and oxygen atoms in total. The Morgan fingerprint density at radius 3 is 2.40 bits per heavy atom. The molecule has 0 unspecified atom stereocenters. The fraction of sp³-hybridized carbons (Fsp3) is 0.310. The van der Waals surface area contributed by atoms with Gasteiger partial charge in [0, 0.05) is 36.0 Å². The van der Waals surface area contributed by atoms with Gasteiger partial charge in [-0.25, -0.2) is 4.99 Å². The lowest BCUT2D eigenvalue weighted by atomic mass is 9.86. The van der Waals surface area contributed by atoms with E-state index in [4.69, 9.17) is 19.6 Å². The minimum absolute atomic E-state index is 0.0417. The minimum Gasteiger partial charge on any atom is -0.494 e. The summed E-state index contributed by atoms with van der Waals surface area (Å²) in [5.74, 6) is 0.216. The summed E-state index contributed by atoms with van der Waals surface area (Å²) in [6.07, 6.45) is -4.65. The molecule has 3 aromatic carbocycles. The fourth-order valence-electron chi connectivity index (χ4n) is 4.22. The normalized spacial score (nSPS) is 18.6. The summed E-state index contributed by atoms with van der Waals surface area (Å²) < 4.78 is 53.9. The van der Waals surface area contributed by atoms with Crippen molar-refractivity contribution < 1.29 is 37.3 Å². The molecule has 4 rings (SSSR count). The molecule has 40 heavy (non-hydrogen) atoms. The SMILES string of the molecule is C[C@H]1OC(c2ccc(OCCCO)cc2)=N[C@@]1(Cc1ccccc1Br)C(=O)NCc1ccc(OC(F)(F)F)cc1. The van der Waals surface area contributed by atoms with Crippen LogP contribution in [-0.2, 0) is 22.5 Å². The number of aliphatic imine (C=N–C) groups is 1. The number of carbonyl (C=O) groups is 1. The van der Waals surface area contributed by atoms with E-state index in [9.17, 15) is 18.0 Å². The lowest BCUT2D eigenvalue weighted by Gasteiger charge is -2.28. The third kappa shape index (κ3) is 7.33. The summed E-state index contributed by atoms with van der Waals surface area (Å²) in [6.45, 7) is 2.28. The van der Waals surface area contributed by atoms with E-state index in [0.29, 0.717) is 35.8 Å². The van der Waals surface area contributed by atoms with E-state index in [-0.39, 0.29) is 31.2 Å². The van der Waals surface area contributed by atoms with Crippen molar-refractivity contribution in [2.24, 2.45) is 4.99 Å². The van der Waals surface area contributed by atoms with E-state index in [1.54, 1.807) is 31.2 Å². The molecule has 0 spiro atoms. The van der Waals surface area contributed by atoms with Gasteiger partial charge in [0.25, 0.3) is 5.91 Å². The Labute approximate surface area is 238 Å². The third-order valence-electron chi connectivity index (χ3n) is 6.36. The molecule has 0 aromatic heterocycles. The van der Waals surface area contributed by atoms with Crippen LogP contribution in [-0.4, -0.2) is 48.1 Å². The van der Waals surface area contributed by atoms with Gasteiger partial charge < -0.3 is 24.6 Å². The first-order chi connectivity index (χ1) is 19.1. The van der Waals surface area contributed by atoms with Crippen LogP contribution in [0.3, 0.4) is 0 Å². The third-order valence-corrected chi connectivity index (χ3v) is 7.13. The number of benzene rings is 3. The van der Waals surface area contributed by atoms with Crippen molar-refractivity contribution in [2.75, 3.05) is 13.2 Å². The summed E-state index contributed by atoms with van der Waals surface area (Å²) in [4.78, 5) is 18.6. The fourth-order valence-corrected chi connectivity index (χ4v) is 4.64. The van der Waals surface area contributed by atoms with Crippen molar-refractivity contribution in [2.45, 2.75) is 44.3 Å². The molecule has 0 saturated carbocycles. The van der Waals surface area contributed by atoms with Crippen LogP contribution in [0.25, 0.3) is 0 Å². The monoisotopic (exact) mass is 620 g/mol. The van der Waals surface area contributed by atoms with Gasteiger partial charge in [0.1, 0.15) is 17.6 Å². The number of rotatable bonds is 11. The molecule has 2 N–H and O–H groups in total. The zero-order valence-corrected chi connectivity index (χ0v) is 23.2. The quantitative estimate of drug-likeness (QED) is 0.274. The van der Waals surface area contributed by atoms with Crippen molar-refractivity contribution in [3.63, 3.8) is 0 Å². The van der Waals surface area contributed by atoms with Gasteiger partial charge in [-0.1, -0.05) is 46.3 Å². The molecule has 11 heteroatoms. The number of hydrogen-bond acceptors (Lipinski definition) is 6. The molecule has 0 fully saturated rings. The standard InChI is InChI=1S/C29H28BrF3N2O5/c1-19-28(17-22-5-2-3-6-25(22)30,27(37)34-18-20-7-11-24(12-8-20)40-29(31,32)33)35-26(39-19)21-9-13-23(14-10-21)38-16-4-15-36/h2-3,5-14,19,36H,4,15-18H2,1H3,(H,34,37)/t19-,28-/m1/s1. The number of nitrogens with zero attached hydrogens (tertiary/aromatic N) is 1. The minimum atomic E-state index is -4.78. The summed E-state index contributed by atoms with van der Waals surface area (Å²) in [5, 5.41) is 11.8. The topological polar surface area (TPSA) is 89.4 Å². The largest absolute Gasteiger partial charge is 0.573 e. The second-order valence-electron chi connectivity index (χ2n) is 9.19. The molecule has 0 saturated heterocycles. The van der Waals surface area contributed by atoms with Crippen molar-refractivity contribution in [3.8, 4) is 11.5 Å². The number of nitrogens with one attached hydrogen (secondary N) is 1. The Kier molecular flexibility index (Phi) is 9.36. The zero-order valence-electron chi connectivity index (χ0n) is 21.6. The van der Waals surface area contributed by atoms with Crippen molar-refractivity contribution >= 4 is 27.7 Å². The van der Waals surface area contributed by atoms with Crippen LogP contribution in [0.1, 0.15) is 30.0 Å². The molecule has 3 aromatic rings. The molecule has 1 aliphatic heterocycles. The van der Waals surface area contributed by atoms with E-state index in [0.717, 1.165) is 10.0 Å². The Morgan fingerprint density at radius 2 is 1.75 bits per heavy atom. The maximum absolute atomic E-state index is 13.8.